The van der Waals surface area contributed by atoms with E-state index in [4.69, 9.17) is 21.1 Å². The average molecular weight is 269 g/mol. The summed E-state index contributed by atoms with van der Waals surface area (Å²) in [4.78, 5) is 0. The SMILES string of the molecule is CC(C)C(C)C(Cl)c1ccc2c(c1)OCCCO2. The summed E-state index contributed by atoms with van der Waals surface area (Å²) in [7, 11) is 0. The minimum absolute atomic E-state index is 0.0159. The summed E-state index contributed by atoms with van der Waals surface area (Å²) < 4.78 is 11.3. The summed E-state index contributed by atoms with van der Waals surface area (Å²) in [5.41, 5.74) is 1.11. The van der Waals surface area contributed by atoms with E-state index in [1.807, 2.05) is 18.2 Å². The van der Waals surface area contributed by atoms with Gasteiger partial charge in [-0.25, -0.2) is 0 Å². The molecule has 0 radical (unpaired) electrons. The fourth-order valence-corrected chi connectivity index (χ4v) is 2.42. The molecule has 1 aromatic carbocycles. The van der Waals surface area contributed by atoms with E-state index < -0.39 is 0 Å². The van der Waals surface area contributed by atoms with Gasteiger partial charge in [0, 0.05) is 6.42 Å². The second kappa shape index (κ2) is 5.83. The van der Waals surface area contributed by atoms with E-state index in [-0.39, 0.29) is 5.38 Å². The molecule has 1 aromatic rings. The van der Waals surface area contributed by atoms with E-state index in [0.717, 1.165) is 30.1 Å². The predicted octanol–water partition coefficient (Wildman–Crippen LogP) is 4.42. The van der Waals surface area contributed by atoms with Crippen molar-refractivity contribution in [2.45, 2.75) is 32.6 Å². The van der Waals surface area contributed by atoms with Gasteiger partial charge in [-0.05, 0) is 29.5 Å². The molecule has 100 valence electrons. The standard InChI is InChI=1S/C15H21ClO2/c1-10(2)11(3)15(16)12-5-6-13-14(9-12)18-8-4-7-17-13/h5-6,9-11,15H,4,7-8H2,1-3H3. The zero-order valence-electron chi connectivity index (χ0n) is 11.3. The van der Waals surface area contributed by atoms with Gasteiger partial charge in [-0.2, -0.15) is 0 Å². The molecule has 2 nitrogen and oxygen atoms in total. The van der Waals surface area contributed by atoms with Crippen molar-refractivity contribution in [3.63, 3.8) is 0 Å². The lowest BCUT2D eigenvalue weighted by atomic mass is 9.90. The molecule has 0 aliphatic carbocycles. The van der Waals surface area contributed by atoms with Crippen molar-refractivity contribution in [2.75, 3.05) is 13.2 Å². The monoisotopic (exact) mass is 268 g/mol. The fourth-order valence-electron chi connectivity index (χ4n) is 1.99. The number of hydrogen-bond acceptors (Lipinski definition) is 2. The maximum absolute atomic E-state index is 6.54. The molecule has 0 N–H and O–H groups in total. The molecule has 2 unspecified atom stereocenters. The third kappa shape index (κ3) is 2.92. The molecule has 0 bridgehead atoms. The molecule has 0 fully saturated rings. The van der Waals surface area contributed by atoms with Gasteiger partial charge in [-0.1, -0.05) is 26.8 Å². The van der Waals surface area contributed by atoms with E-state index in [0.29, 0.717) is 18.4 Å². The molecule has 0 amide bonds. The van der Waals surface area contributed by atoms with Crippen LogP contribution in [0.2, 0.25) is 0 Å². The van der Waals surface area contributed by atoms with Crippen molar-refractivity contribution in [2.24, 2.45) is 11.8 Å². The number of benzene rings is 1. The zero-order chi connectivity index (χ0) is 13.1. The molecule has 2 atom stereocenters. The lowest BCUT2D eigenvalue weighted by Crippen LogP contribution is -2.11. The summed E-state index contributed by atoms with van der Waals surface area (Å²) >= 11 is 6.54. The van der Waals surface area contributed by atoms with Crippen LogP contribution < -0.4 is 9.47 Å². The van der Waals surface area contributed by atoms with E-state index in [2.05, 4.69) is 20.8 Å². The normalized spacial score (nSPS) is 18.3. The van der Waals surface area contributed by atoms with Crippen LogP contribution in [0.3, 0.4) is 0 Å². The molecule has 0 aromatic heterocycles. The molecular formula is C15H21ClO2. The smallest absolute Gasteiger partial charge is 0.161 e. The topological polar surface area (TPSA) is 18.5 Å². The van der Waals surface area contributed by atoms with Gasteiger partial charge in [0.15, 0.2) is 11.5 Å². The third-order valence-electron chi connectivity index (χ3n) is 3.60. The minimum Gasteiger partial charge on any atom is -0.490 e. The van der Waals surface area contributed by atoms with E-state index in [1.165, 1.54) is 0 Å². The van der Waals surface area contributed by atoms with Crippen LogP contribution >= 0.6 is 11.6 Å². The highest BCUT2D eigenvalue weighted by Crippen LogP contribution is 2.38. The summed E-state index contributed by atoms with van der Waals surface area (Å²) in [5, 5.41) is 0.0159. The molecule has 1 aliphatic heterocycles. The number of halogens is 1. The Hall–Kier alpha value is -0.890. The molecule has 0 spiro atoms. The van der Waals surface area contributed by atoms with Crippen LogP contribution in [0, 0.1) is 11.8 Å². The van der Waals surface area contributed by atoms with Crippen molar-refractivity contribution in [1.29, 1.82) is 0 Å². The van der Waals surface area contributed by atoms with Gasteiger partial charge in [0.2, 0.25) is 0 Å². The van der Waals surface area contributed by atoms with Crippen LogP contribution in [0.4, 0.5) is 0 Å². The summed E-state index contributed by atoms with van der Waals surface area (Å²) in [6.07, 6.45) is 0.927. The largest absolute Gasteiger partial charge is 0.490 e. The highest BCUT2D eigenvalue weighted by Gasteiger charge is 2.21. The van der Waals surface area contributed by atoms with Gasteiger partial charge in [-0.15, -0.1) is 11.6 Å². The Kier molecular flexibility index (Phi) is 4.39. The molecule has 3 heteroatoms. The van der Waals surface area contributed by atoms with Gasteiger partial charge in [0.25, 0.3) is 0 Å². The van der Waals surface area contributed by atoms with Crippen molar-refractivity contribution < 1.29 is 9.47 Å². The van der Waals surface area contributed by atoms with Crippen LogP contribution in [-0.2, 0) is 0 Å². The number of hydrogen-bond donors (Lipinski definition) is 0. The molecule has 1 heterocycles. The molecule has 18 heavy (non-hydrogen) atoms. The van der Waals surface area contributed by atoms with Crippen LogP contribution in [0.15, 0.2) is 18.2 Å². The number of fused-ring (bicyclic) bond motifs is 1. The lowest BCUT2D eigenvalue weighted by Gasteiger charge is -2.22. The Morgan fingerprint density at radius 2 is 1.72 bits per heavy atom. The van der Waals surface area contributed by atoms with Crippen molar-refractivity contribution >= 4 is 11.6 Å². The fraction of sp³-hybridized carbons (Fsp3) is 0.600. The quantitative estimate of drug-likeness (QED) is 0.756. The van der Waals surface area contributed by atoms with Crippen LogP contribution in [0.25, 0.3) is 0 Å². The second-order valence-corrected chi connectivity index (χ2v) is 5.73. The van der Waals surface area contributed by atoms with E-state index in [9.17, 15) is 0 Å². The molecule has 1 aliphatic rings. The first-order chi connectivity index (χ1) is 8.59. The molecule has 0 saturated heterocycles. The van der Waals surface area contributed by atoms with Gasteiger partial charge >= 0.3 is 0 Å². The van der Waals surface area contributed by atoms with Crippen LogP contribution in [0.1, 0.15) is 38.1 Å². The average Bonchev–Trinajstić information content (AvgIpc) is 2.60. The molecule has 0 saturated carbocycles. The Balaban J connectivity index is 2.22. The van der Waals surface area contributed by atoms with Crippen LogP contribution in [-0.4, -0.2) is 13.2 Å². The molecular weight excluding hydrogens is 248 g/mol. The van der Waals surface area contributed by atoms with Gasteiger partial charge in [0.05, 0.1) is 18.6 Å². The first-order valence-electron chi connectivity index (χ1n) is 6.63. The van der Waals surface area contributed by atoms with Gasteiger partial charge in [0.1, 0.15) is 0 Å². The summed E-state index contributed by atoms with van der Waals surface area (Å²) in [6.45, 7) is 8.01. The number of ether oxygens (including phenoxy) is 2. The lowest BCUT2D eigenvalue weighted by molar-refractivity contribution is 0.297. The van der Waals surface area contributed by atoms with Crippen molar-refractivity contribution in [3.05, 3.63) is 23.8 Å². The van der Waals surface area contributed by atoms with E-state index in [1.54, 1.807) is 0 Å². The van der Waals surface area contributed by atoms with Crippen molar-refractivity contribution in [3.8, 4) is 11.5 Å². The van der Waals surface area contributed by atoms with E-state index >= 15 is 0 Å². The highest BCUT2D eigenvalue weighted by atomic mass is 35.5. The summed E-state index contributed by atoms with van der Waals surface area (Å²) in [6, 6.07) is 6.04. The first-order valence-corrected chi connectivity index (χ1v) is 7.07. The van der Waals surface area contributed by atoms with Gasteiger partial charge < -0.3 is 9.47 Å². The predicted molar refractivity (Wildman–Crippen MR) is 74.6 cm³/mol. The number of alkyl halides is 1. The maximum Gasteiger partial charge on any atom is 0.161 e. The summed E-state index contributed by atoms with van der Waals surface area (Å²) in [5.74, 6) is 2.64. The first kappa shape index (κ1) is 13.5. The second-order valence-electron chi connectivity index (χ2n) is 5.26. The molecule has 2 rings (SSSR count). The third-order valence-corrected chi connectivity index (χ3v) is 4.25. The van der Waals surface area contributed by atoms with Crippen LogP contribution in [0.5, 0.6) is 11.5 Å². The zero-order valence-corrected chi connectivity index (χ0v) is 12.0. The van der Waals surface area contributed by atoms with Crippen molar-refractivity contribution in [1.82, 2.24) is 0 Å². The minimum atomic E-state index is 0.0159. The Bertz CT molecular complexity index is 403. The Morgan fingerprint density at radius 1 is 1.06 bits per heavy atom. The number of rotatable bonds is 3. The Labute approximate surface area is 114 Å². The maximum atomic E-state index is 6.54. The highest BCUT2D eigenvalue weighted by molar-refractivity contribution is 6.21. The van der Waals surface area contributed by atoms with Gasteiger partial charge in [-0.3, -0.25) is 0 Å². The Morgan fingerprint density at radius 3 is 2.39 bits per heavy atom.